The summed E-state index contributed by atoms with van der Waals surface area (Å²) in [7, 11) is 0. The van der Waals surface area contributed by atoms with Gasteiger partial charge in [0.05, 0.1) is 5.41 Å². The number of nitrogens with zero attached hydrogens (tertiary/aromatic N) is 2. The first kappa shape index (κ1) is 22.7. The zero-order valence-electron chi connectivity index (χ0n) is 19.4. The summed E-state index contributed by atoms with van der Waals surface area (Å²) in [6.45, 7) is 5.67. The van der Waals surface area contributed by atoms with Crippen LogP contribution in [0.25, 0.3) is 11.1 Å². The van der Waals surface area contributed by atoms with E-state index < -0.39 is 5.41 Å². The van der Waals surface area contributed by atoms with Gasteiger partial charge in [-0.15, -0.1) is 0 Å². The van der Waals surface area contributed by atoms with E-state index in [1.165, 1.54) is 11.1 Å². The summed E-state index contributed by atoms with van der Waals surface area (Å²) in [5.41, 5.74) is 4.65. The number of aryl methyl sites for hydroxylation is 1. The van der Waals surface area contributed by atoms with E-state index in [1.54, 1.807) is 24.5 Å². The number of carbonyl (C=O) groups is 2. The van der Waals surface area contributed by atoms with Gasteiger partial charge in [-0.3, -0.25) is 14.6 Å². The Bertz CT molecular complexity index is 1090. The van der Waals surface area contributed by atoms with Gasteiger partial charge in [0.2, 0.25) is 5.91 Å². The van der Waals surface area contributed by atoms with Crippen LogP contribution in [0.5, 0.6) is 0 Å². The number of carbonyl (C=O) groups excluding carboxylic acids is 2. The van der Waals surface area contributed by atoms with Crippen molar-refractivity contribution in [2.24, 2.45) is 5.41 Å². The Kier molecular flexibility index (Phi) is 6.87. The topological polar surface area (TPSA) is 62.3 Å². The molecule has 1 N–H and O–H groups in total. The Labute approximate surface area is 195 Å². The standard InChI is InChI=1S/C28H31N3O2/c1-3-30-27(33)28(15-4-18-31(20-28)26(32)25-13-16-29-17-14-25)19-22-7-11-24(12-8-22)23-9-5-21(2)6-10-23/h5-14,16-17H,3-4,15,18-20H2,1-2H3,(H,30,33). The molecule has 1 unspecified atom stereocenters. The van der Waals surface area contributed by atoms with Crippen molar-refractivity contribution in [3.05, 3.63) is 89.7 Å². The second kappa shape index (κ2) is 9.99. The average molecular weight is 442 g/mol. The third kappa shape index (κ3) is 5.14. The Morgan fingerprint density at radius 3 is 2.24 bits per heavy atom. The maximum absolute atomic E-state index is 13.3. The minimum Gasteiger partial charge on any atom is -0.356 e. The predicted octanol–water partition coefficient (Wildman–Crippen LogP) is 4.66. The largest absolute Gasteiger partial charge is 0.356 e. The molecule has 1 atom stereocenters. The summed E-state index contributed by atoms with van der Waals surface area (Å²) in [6.07, 6.45) is 5.43. The first-order valence-corrected chi connectivity index (χ1v) is 11.6. The summed E-state index contributed by atoms with van der Waals surface area (Å²) in [6, 6.07) is 20.4. The van der Waals surface area contributed by atoms with Gasteiger partial charge >= 0.3 is 0 Å². The van der Waals surface area contributed by atoms with Gasteiger partial charge < -0.3 is 10.2 Å². The molecule has 2 aromatic carbocycles. The lowest BCUT2D eigenvalue weighted by molar-refractivity contribution is -0.133. The number of benzene rings is 2. The number of aromatic nitrogens is 1. The molecule has 3 aromatic rings. The SMILES string of the molecule is CCNC(=O)C1(Cc2ccc(-c3ccc(C)cc3)cc2)CCCN(C(=O)c2ccncc2)C1. The maximum atomic E-state index is 13.3. The first-order chi connectivity index (χ1) is 16.0. The number of likely N-dealkylation sites (tertiary alicyclic amines) is 1. The van der Waals surface area contributed by atoms with Crippen LogP contribution >= 0.6 is 0 Å². The highest BCUT2D eigenvalue weighted by atomic mass is 16.2. The van der Waals surface area contributed by atoms with E-state index in [9.17, 15) is 9.59 Å². The Balaban J connectivity index is 1.57. The van der Waals surface area contributed by atoms with Crippen molar-refractivity contribution in [1.82, 2.24) is 15.2 Å². The van der Waals surface area contributed by atoms with E-state index in [1.807, 2.05) is 11.8 Å². The van der Waals surface area contributed by atoms with Crippen LogP contribution in [0.3, 0.4) is 0 Å². The average Bonchev–Trinajstić information content (AvgIpc) is 2.85. The Morgan fingerprint density at radius 1 is 0.970 bits per heavy atom. The molecule has 5 nitrogen and oxygen atoms in total. The van der Waals surface area contributed by atoms with Gasteiger partial charge in [0.1, 0.15) is 0 Å². The van der Waals surface area contributed by atoms with Gasteiger partial charge in [0.15, 0.2) is 0 Å². The molecule has 2 amide bonds. The molecule has 0 saturated carbocycles. The van der Waals surface area contributed by atoms with Crippen molar-refractivity contribution in [3.63, 3.8) is 0 Å². The Morgan fingerprint density at radius 2 is 1.61 bits per heavy atom. The predicted molar refractivity (Wildman–Crippen MR) is 131 cm³/mol. The van der Waals surface area contributed by atoms with Crippen LogP contribution in [0.1, 0.15) is 41.3 Å². The molecule has 5 heteroatoms. The lowest BCUT2D eigenvalue weighted by Crippen LogP contribution is -2.54. The number of amides is 2. The quantitative estimate of drug-likeness (QED) is 0.605. The van der Waals surface area contributed by atoms with Gasteiger partial charge in [-0.2, -0.15) is 0 Å². The fraction of sp³-hybridized carbons (Fsp3) is 0.321. The van der Waals surface area contributed by atoms with Crippen LogP contribution in [0, 0.1) is 12.3 Å². The number of hydrogen-bond acceptors (Lipinski definition) is 3. The maximum Gasteiger partial charge on any atom is 0.253 e. The van der Waals surface area contributed by atoms with E-state index in [0.717, 1.165) is 24.0 Å². The molecule has 0 radical (unpaired) electrons. The summed E-state index contributed by atoms with van der Waals surface area (Å²) in [4.78, 5) is 32.2. The highest BCUT2D eigenvalue weighted by molar-refractivity contribution is 5.95. The minimum absolute atomic E-state index is 0.0276. The van der Waals surface area contributed by atoms with Crippen molar-refractivity contribution in [2.45, 2.75) is 33.1 Å². The summed E-state index contributed by atoms with van der Waals surface area (Å²) >= 11 is 0. The second-order valence-corrected chi connectivity index (χ2v) is 8.95. The van der Waals surface area contributed by atoms with Crippen molar-refractivity contribution >= 4 is 11.8 Å². The van der Waals surface area contributed by atoms with Crippen molar-refractivity contribution in [1.29, 1.82) is 0 Å². The molecule has 170 valence electrons. The van der Waals surface area contributed by atoms with E-state index in [-0.39, 0.29) is 11.8 Å². The molecule has 0 bridgehead atoms. The van der Waals surface area contributed by atoms with Gasteiger partial charge in [-0.1, -0.05) is 54.1 Å². The van der Waals surface area contributed by atoms with Gasteiger partial charge in [0.25, 0.3) is 5.91 Å². The number of hydrogen-bond donors (Lipinski definition) is 1. The van der Waals surface area contributed by atoms with Gasteiger partial charge in [-0.25, -0.2) is 0 Å². The molecule has 2 heterocycles. The van der Waals surface area contributed by atoms with E-state index in [4.69, 9.17) is 0 Å². The van der Waals surface area contributed by atoms with Gasteiger partial charge in [-0.05, 0) is 61.9 Å². The number of nitrogens with one attached hydrogen (secondary N) is 1. The van der Waals surface area contributed by atoms with Crippen LogP contribution in [-0.4, -0.2) is 41.3 Å². The molecule has 0 spiro atoms. The van der Waals surface area contributed by atoms with Crippen LogP contribution in [0.2, 0.25) is 0 Å². The summed E-state index contributed by atoms with van der Waals surface area (Å²) in [5.74, 6) is -0.0136. The molecule has 1 fully saturated rings. The lowest BCUT2D eigenvalue weighted by atomic mass is 9.74. The lowest BCUT2D eigenvalue weighted by Gasteiger charge is -2.42. The normalized spacial score (nSPS) is 18.1. The van der Waals surface area contributed by atoms with Crippen LogP contribution in [-0.2, 0) is 11.2 Å². The van der Waals surface area contributed by atoms with Crippen molar-refractivity contribution in [3.8, 4) is 11.1 Å². The summed E-state index contributed by atoms with van der Waals surface area (Å²) < 4.78 is 0. The third-order valence-electron chi connectivity index (χ3n) is 6.49. The summed E-state index contributed by atoms with van der Waals surface area (Å²) in [5, 5.41) is 3.03. The zero-order chi connectivity index (χ0) is 23.3. The minimum atomic E-state index is -0.637. The van der Waals surface area contributed by atoms with E-state index in [0.29, 0.717) is 31.6 Å². The van der Waals surface area contributed by atoms with Crippen LogP contribution < -0.4 is 5.32 Å². The molecule has 1 aliphatic rings. The Hall–Kier alpha value is -3.47. The molecule has 1 aliphatic heterocycles. The zero-order valence-corrected chi connectivity index (χ0v) is 19.4. The monoisotopic (exact) mass is 441 g/mol. The fourth-order valence-electron chi connectivity index (χ4n) is 4.69. The molecule has 1 saturated heterocycles. The molecule has 0 aliphatic carbocycles. The second-order valence-electron chi connectivity index (χ2n) is 8.95. The number of pyridine rings is 1. The number of rotatable bonds is 6. The molecule has 33 heavy (non-hydrogen) atoms. The molecule has 4 rings (SSSR count). The van der Waals surface area contributed by atoms with E-state index in [2.05, 4.69) is 65.8 Å². The van der Waals surface area contributed by atoms with Crippen LogP contribution in [0.4, 0.5) is 0 Å². The van der Waals surface area contributed by atoms with Gasteiger partial charge in [0, 0.05) is 37.6 Å². The molecular formula is C28H31N3O2. The molecular weight excluding hydrogens is 410 g/mol. The third-order valence-corrected chi connectivity index (χ3v) is 6.49. The van der Waals surface area contributed by atoms with Crippen molar-refractivity contribution in [2.75, 3.05) is 19.6 Å². The molecule has 1 aromatic heterocycles. The van der Waals surface area contributed by atoms with Crippen molar-refractivity contribution < 1.29 is 9.59 Å². The van der Waals surface area contributed by atoms with Crippen LogP contribution in [0.15, 0.2) is 73.1 Å². The smallest absolute Gasteiger partial charge is 0.253 e. The highest BCUT2D eigenvalue weighted by Crippen LogP contribution is 2.35. The first-order valence-electron chi connectivity index (χ1n) is 11.6. The van der Waals surface area contributed by atoms with E-state index >= 15 is 0 Å². The fourth-order valence-corrected chi connectivity index (χ4v) is 4.69. The highest BCUT2D eigenvalue weighted by Gasteiger charge is 2.43. The number of piperidine rings is 1.